The van der Waals surface area contributed by atoms with Crippen LogP contribution in [-0.2, 0) is 18.4 Å². The minimum Gasteiger partial charge on any atom is -0.756 e. The Kier molecular flexibility index (Phi) is 51.3. The minimum atomic E-state index is -4.61. The van der Waals surface area contributed by atoms with Crippen molar-refractivity contribution in [1.82, 2.24) is 5.32 Å². The molecule has 0 aliphatic heterocycles. The molecule has 0 aliphatic rings. The van der Waals surface area contributed by atoms with Gasteiger partial charge in [0.25, 0.3) is 7.82 Å². The zero-order valence-electron chi connectivity index (χ0n) is 47.2. The number of phosphoric acid groups is 1. The first kappa shape index (κ1) is 68.9. The van der Waals surface area contributed by atoms with Crippen molar-refractivity contribution < 1.29 is 32.9 Å². The van der Waals surface area contributed by atoms with Crippen molar-refractivity contribution in [3.8, 4) is 0 Å². The van der Waals surface area contributed by atoms with Crippen LogP contribution in [-0.4, -0.2) is 68.5 Å². The molecule has 0 aromatic heterocycles. The molecule has 8 nitrogen and oxygen atoms in total. The summed E-state index contributed by atoms with van der Waals surface area (Å²) in [5.74, 6) is -0.210. The zero-order chi connectivity index (χ0) is 52.0. The van der Waals surface area contributed by atoms with Crippen LogP contribution >= 0.6 is 7.82 Å². The van der Waals surface area contributed by atoms with Crippen LogP contribution in [0, 0.1) is 0 Å². The van der Waals surface area contributed by atoms with Crippen LogP contribution in [0.1, 0.15) is 264 Å². The third-order valence-corrected chi connectivity index (χ3v) is 14.1. The maximum Gasteiger partial charge on any atom is 0.268 e. The molecule has 0 heterocycles. The number of nitrogens with zero attached hydrogens (tertiary/aromatic N) is 1. The molecular weight excluding hydrogens is 900 g/mol. The Morgan fingerprint density at radius 2 is 0.873 bits per heavy atom. The van der Waals surface area contributed by atoms with Gasteiger partial charge in [-0.25, -0.2) is 0 Å². The number of rotatable bonds is 54. The van der Waals surface area contributed by atoms with Gasteiger partial charge in [0.15, 0.2) is 0 Å². The molecule has 3 unspecified atom stereocenters. The average Bonchev–Trinajstić information content (AvgIpc) is 3.33. The van der Waals surface area contributed by atoms with Crippen molar-refractivity contribution in [2.24, 2.45) is 0 Å². The molecule has 0 rings (SSSR count). The van der Waals surface area contributed by atoms with Gasteiger partial charge in [-0.3, -0.25) is 9.36 Å². The number of likely N-dealkylation sites (N-methyl/N-ethyl adjacent to an activating group) is 1. The summed E-state index contributed by atoms with van der Waals surface area (Å²) in [7, 11) is 1.24. The van der Waals surface area contributed by atoms with Gasteiger partial charge in [-0.2, -0.15) is 0 Å². The fourth-order valence-electron chi connectivity index (χ4n) is 8.51. The van der Waals surface area contributed by atoms with Crippen LogP contribution in [0.15, 0.2) is 72.9 Å². The molecule has 3 atom stereocenters. The number of carbonyl (C=O) groups excluding carboxylic acids is 1. The lowest BCUT2D eigenvalue weighted by molar-refractivity contribution is -0.870. The van der Waals surface area contributed by atoms with Crippen LogP contribution in [0.3, 0.4) is 0 Å². The van der Waals surface area contributed by atoms with Crippen molar-refractivity contribution in [2.75, 3.05) is 40.9 Å². The summed E-state index contributed by atoms with van der Waals surface area (Å²) in [5, 5.41) is 13.9. The van der Waals surface area contributed by atoms with Gasteiger partial charge < -0.3 is 28.8 Å². The van der Waals surface area contributed by atoms with Crippen LogP contribution in [0.4, 0.5) is 0 Å². The molecule has 0 aromatic carbocycles. The Balaban J connectivity index is 4.24. The van der Waals surface area contributed by atoms with Crippen LogP contribution < -0.4 is 10.2 Å². The monoisotopic (exact) mass is 1010 g/mol. The molecule has 0 saturated carbocycles. The first-order valence-electron chi connectivity index (χ1n) is 29.8. The van der Waals surface area contributed by atoms with E-state index in [0.717, 1.165) is 64.2 Å². The average molecular weight is 1020 g/mol. The van der Waals surface area contributed by atoms with Crippen LogP contribution in [0.5, 0.6) is 0 Å². The maximum absolute atomic E-state index is 13.0. The molecule has 0 saturated heterocycles. The van der Waals surface area contributed by atoms with Gasteiger partial charge in [0.1, 0.15) is 13.2 Å². The van der Waals surface area contributed by atoms with Crippen molar-refractivity contribution >= 4 is 13.7 Å². The molecule has 71 heavy (non-hydrogen) atoms. The molecule has 2 N–H and O–H groups in total. The molecule has 0 aliphatic carbocycles. The lowest BCUT2D eigenvalue weighted by Crippen LogP contribution is -2.45. The number of hydrogen-bond donors (Lipinski definition) is 2. The molecule has 0 spiro atoms. The van der Waals surface area contributed by atoms with Gasteiger partial charge >= 0.3 is 0 Å². The Bertz CT molecular complexity index is 1380. The second-order valence-corrected chi connectivity index (χ2v) is 22.7. The largest absolute Gasteiger partial charge is 0.756 e. The number of unbranched alkanes of at least 4 members (excludes halogenated alkanes) is 31. The highest BCUT2D eigenvalue weighted by atomic mass is 31.2. The maximum atomic E-state index is 13.0. The summed E-state index contributed by atoms with van der Waals surface area (Å²) in [4.78, 5) is 25.5. The predicted molar refractivity (Wildman–Crippen MR) is 307 cm³/mol. The van der Waals surface area contributed by atoms with E-state index in [1.54, 1.807) is 6.08 Å². The van der Waals surface area contributed by atoms with Crippen LogP contribution in [0.2, 0.25) is 0 Å². The lowest BCUT2D eigenvalue weighted by Gasteiger charge is -2.29. The predicted octanol–water partition coefficient (Wildman–Crippen LogP) is 17.6. The summed E-state index contributed by atoms with van der Waals surface area (Å²) in [6.07, 6.45) is 72.7. The molecule has 0 aromatic rings. The molecule has 0 fully saturated rings. The van der Waals surface area contributed by atoms with E-state index in [1.165, 1.54) is 180 Å². The van der Waals surface area contributed by atoms with E-state index in [0.29, 0.717) is 17.4 Å². The lowest BCUT2D eigenvalue weighted by atomic mass is 10.0. The number of quaternary nitrogens is 1. The minimum absolute atomic E-state index is 0.00890. The smallest absolute Gasteiger partial charge is 0.268 e. The Morgan fingerprint density at radius 3 is 1.31 bits per heavy atom. The SMILES string of the molecule is CC/C=C\C/C=C\C/C=C\C/C=C\CCCCCCCCCCCCCCC(=O)NC(COP(=O)([O-])OCC[N+](C)(C)C)C(O)/C=C/CC/C=C/CCCCCCCCCCCCCCCCCCCC. The molecule has 414 valence electrons. The van der Waals surface area contributed by atoms with E-state index >= 15 is 0 Å². The van der Waals surface area contributed by atoms with Gasteiger partial charge in [-0.15, -0.1) is 0 Å². The Labute approximate surface area is 440 Å². The van der Waals surface area contributed by atoms with Gasteiger partial charge in [0.2, 0.25) is 5.91 Å². The highest BCUT2D eigenvalue weighted by Crippen LogP contribution is 2.38. The van der Waals surface area contributed by atoms with E-state index in [-0.39, 0.29) is 12.5 Å². The summed E-state index contributed by atoms with van der Waals surface area (Å²) in [5.41, 5.74) is 0. The molecule has 9 heteroatoms. The number of nitrogens with one attached hydrogen (secondary N) is 1. The first-order chi connectivity index (χ1) is 34.5. The summed E-state index contributed by atoms with van der Waals surface area (Å²) in [6, 6.07) is -0.909. The highest BCUT2D eigenvalue weighted by Gasteiger charge is 2.23. The van der Waals surface area contributed by atoms with Crippen molar-refractivity contribution in [2.45, 2.75) is 276 Å². The number of aliphatic hydroxyl groups excluding tert-OH is 1. The van der Waals surface area contributed by atoms with E-state index in [9.17, 15) is 19.4 Å². The fourth-order valence-corrected chi connectivity index (χ4v) is 9.24. The number of carbonyl (C=O) groups is 1. The van der Waals surface area contributed by atoms with Gasteiger partial charge in [0.05, 0.1) is 39.9 Å². The molecular formula is C62H115N2O6P. The fraction of sp³-hybridized carbons (Fsp3) is 0.790. The summed E-state index contributed by atoms with van der Waals surface area (Å²) < 4.78 is 23.4. The number of phosphoric ester groups is 1. The topological polar surface area (TPSA) is 108 Å². The second kappa shape index (κ2) is 52.8. The molecule has 1 amide bonds. The number of amides is 1. The third-order valence-electron chi connectivity index (χ3n) is 13.2. The molecule has 0 radical (unpaired) electrons. The van der Waals surface area contributed by atoms with Gasteiger partial charge in [-0.05, 0) is 70.6 Å². The second-order valence-electron chi connectivity index (χ2n) is 21.3. The first-order valence-corrected chi connectivity index (χ1v) is 31.3. The van der Waals surface area contributed by atoms with E-state index in [2.05, 4.69) is 79.9 Å². The third kappa shape index (κ3) is 55.5. The number of allylic oxidation sites excluding steroid dienone is 11. The van der Waals surface area contributed by atoms with E-state index in [4.69, 9.17) is 9.05 Å². The standard InChI is InChI=1S/C62H115N2O6P/c1-6-8-10-12-14-16-18-20-22-24-26-28-30-32-34-36-38-40-42-44-46-48-50-52-54-56-62(66)63-60(59-70-71(67,68)69-58-57-64(3,4)5)61(65)55-53-51-49-47-45-43-41-39-37-35-33-31-29-27-25-23-21-19-17-15-13-11-9-7-2/h8,10,14,16,20,22,26,28,45,47,53,55,60-61,65H,6-7,9,11-13,15,17-19,21,23-25,27,29-44,46,48-52,54,56-59H2,1-5H3,(H-,63,66,67,68)/b10-8-,16-14-,22-20-,28-26-,47-45+,55-53+. The van der Waals surface area contributed by atoms with Crippen molar-refractivity contribution in [3.63, 3.8) is 0 Å². The van der Waals surface area contributed by atoms with Crippen molar-refractivity contribution in [3.05, 3.63) is 72.9 Å². The summed E-state index contributed by atoms with van der Waals surface area (Å²) in [6.45, 7) is 4.54. The van der Waals surface area contributed by atoms with Crippen LogP contribution in [0.25, 0.3) is 0 Å². The zero-order valence-corrected chi connectivity index (χ0v) is 48.1. The highest BCUT2D eigenvalue weighted by molar-refractivity contribution is 7.45. The summed E-state index contributed by atoms with van der Waals surface area (Å²) >= 11 is 0. The Hall–Kier alpha value is -2.06. The Morgan fingerprint density at radius 1 is 0.507 bits per heavy atom. The van der Waals surface area contributed by atoms with Crippen molar-refractivity contribution in [1.29, 1.82) is 0 Å². The van der Waals surface area contributed by atoms with Gasteiger partial charge in [-0.1, -0.05) is 260 Å². The normalized spacial score (nSPS) is 14.4. The number of hydrogen-bond acceptors (Lipinski definition) is 6. The van der Waals surface area contributed by atoms with Gasteiger partial charge in [0, 0.05) is 6.42 Å². The van der Waals surface area contributed by atoms with E-state index in [1.807, 2.05) is 27.2 Å². The molecule has 0 bridgehead atoms. The number of aliphatic hydroxyl groups is 1. The van der Waals surface area contributed by atoms with E-state index < -0.39 is 26.6 Å². The quantitative estimate of drug-likeness (QED) is 0.0272.